The monoisotopic (exact) mass is 376 g/mol. The number of hydrogen-bond acceptors (Lipinski definition) is 6. The summed E-state index contributed by atoms with van der Waals surface area (Å²) in [6, 6.07) is 7.37. The fourth-order valence-electron chi connectivity index (χ4n) is 1.94. The number of carbonyl (C=O) groups is 1. The molecule has 112 valence electrons. The molecule has 0 saturated heterocycles. The van der Waals surface area contributed by atoms with Crippen molar-refractivity contribution in [2.75, 3.05) is 5.75 Å². The van der Waals surface area contributed by atoms with Gasteiger partial charge in [0, 0.05) is 11.3 Å². The second-order valence-corrected chi connectivity index (χ2v) is 5.71. The van der Waals surface area contributed by atoms with Gasteiger partial charge in [-0.05, 0) is 25.5 Å². The van der Waals surface area contributed by atoms with Gasteiger partial charge in [0.25, 0.3) is 0 Å². The average molecular weight is 378 g/mol. The fourth-order valence-corrected chi connectivity index (χ4v) is 2.94. The first-order chi connectivity index (χ1) is 10.4. The predicted molar refractivity (Wildman–Crippen MR) is 78.8 cm³/mol. The summed E-state index contributed by atoms with van der Waals surface area (Å²) in [5, 5.41) is 32.0. The first-order valence-electron chi connectivity index (χ1n) is 6.44. The van der Waals surface area contributed by atoms with Crippen molar-refractivity contribution >= 4 is 17.5 Å². The zero-order chi connectivity index (χ0) is 16.3. The molecule has 0 saturated carbocycles. The van der Waals surface area contributed by atoms with E-state index < -0.39 is 11.5 Å². The Kier molecular flexibility index (Phi) is 6.74. The van der Waals surface area contributed by atoms with Gasteiger partial charge in [0.15, 0.2) is 5.78 Å². The number of benzene rings is 1. The summed E-state index contributed by atoms with van der Waals surface area (Å²) in [7, 11) is 0. The van der Waals surface area contributed by atoms with Crippen LogP contribution in [0, 0.1) is 25.2 Å². The molecule has 0 bridgehead atoms. The molecule has 0 aliphatic rings. The number of rotatable bonds is 4. The largest absolute Gasteiger partial charge is 2.00 e. The maximum Gasteiger partial charge on any atom is 2.00 e. The summed E-state index contributed by atoms with van der Waals surface area (Å²) in [4.78, 5) is 16.4. The van der Waals surface area contributed by atoms with Crippen LogP contribution in [-0.2, 0) is 19.5 Å². The summed E-state index contributed by atoms with van der Waals surface area (Å²) in [5.74, 6) is -1.57. The molecule has 23 heavy (non-hydrogen) atoms. The van der Waals surface area contributed by atoms with Gasteiger partial charge in [-0.25, -0.2) is 4.98 Å². The predicted octanol–water partition coefficient (Wildman–Crippen LogP) is 1.69. The minimum absolute atomic E-state index is 0. The van der Waals surface area contributed by atoms with Gasteiger partial charge in [-0.1, -0.05) is 30.0 Å². The molecule has 2 aromatic rings. The molecule has 0 unspecified atom stereocenters. The van der Waals surface area contributed by atoms with Crippen LogP contribution in [0.2, 0.25) is 0 Å². The first kappa shape index (κ1) is 19.2. The molecule has 0 atom stereocenters. The van der Waals surface area contributed by atoms with E-state index in [-0.39, 0.29) is 36.6 Å². The zero-order valence-electron chi connectivity index (χ0n) is 12.8. The van der Waals surface area contributed by atoms with Crippen LogP contribution < -0.4 is 10.2 Å². The smallest absolute Gasteiger partial charge is 0.873 e. The third-order valence-electron chi connectivity index (χ3n) is 3.03. The number of nitriles is 1. The molecule has 0 radical (unpaired) electrons. The molecular formula is C16H12N2O3SZn. The van der Waals surface area contributed by atoms with E-state index in [1.165, 1.54) is 6.07 Å². The zero-order valence-corrected chi connectivity index (χ0v) is 16.5. The summed E-state index contributed by atoms with van der Waals surface area (Å²) < 4.78 is 0. The molecule has 1 aromatic heterocycles. The Hall–Kier alpha value is -1.90. The third kappa shape index (κ3) is 4.54. The standard InChI is InChI=1S/C16H14N2O3S.Zn/c1-9-5-10(2)18-16(12(9)7-17)22-8-15(21)11-3-4-13(19)14(20)6-11;/h3-6,19-20H,8H2,1-2H3;/q;+2/p-2. The molecule has 2 rings (SSSR count). The Labute approximate surface area is 151 Å². The van der Waals surface area contributed by atoms with E-state index in [4.69, 9.17) is 0 Å². The van der Waals surface area contributed by atoms with Crippen molar-refractivity contribution in [2.24, 2.45) is 0 Å². The minimum Gasteiger partial charge on any atom is -0.873 e. The van der Waals surface area contributed by atoms with E-state index in [0.29, 0.717) is 10.6 Å². The van der Waals surface area contributed by atoms with E-state index in [1.54, 1.807) is 6.07 Å². The van der Waals surface area contributed by atoms with Crippen molar-refractivity contribution in [1.82, 2.24) is 4.98 Å². The van der Waals surface area contributed by atoms with Gasteiger partial charge < -0.3 is 10.2 Å². The Balaban J connectivity index is 0.00000264. The first-order valence-corrected chi connectivity index (χ1v) is 7.43. The van der Waals surface area contributed by atoms with E-state index in [0.717, 1.165) is 35.2 Å². The minimum atomic E-state index is -0.696. The van der Waals surface area contributed by atoms with Crippen molar-refractivity contribution in [3.63, 3.8) is 0 Å². The number of Topliss-reactive ketones (excluding diaryl/α,β-unsaturated/α-hetero) is 1. The maximum absolute atomic E-state index is 12.1. The number of nitrogens with zero attached hydrogens (tertiary/aromatic N) is 2. The maximum atomic E-state index is 12.1. The second-order valence-electron chi connectivity index (χ2n) is 4.75. The van der Waals surface area contributed by atoms with E-state index in [1.807, 2.05) is 13.8 Å². The van der Waals surface area contributed by atoms with Crippen LogP contribution in [0.25, 0.3) is 0 Å². The molecule has 0 aliphatic heterocycles. The molecule has 1 heterocycles. The van der Waals surface area contributed by atoms with Crippen LogP contribution in [0.4, 0.5) is 0 Å². The van der Waals surface area contributed by atoms with Crippen LogP contribution in [0.15, 0.2) is 29.3 Å². The van der Waals surface area contributed by atoms with E-state index in [9.17, 15) is 20.3 Å². The van der Waals surface area contributed by atoms with Crippen LogP contribution in [0.1, 0.15) is 27.2 Å². The number of hydrogen-bond donors (Lipinski definition) is 0. The molecule has 0 N–H and O–H groups in total. The van der Waals surface area contributed by atoms with Crippen molar-refractivity contribution in [3.8, 4) is 17.6 Å². The van der Waals surface area contributed by atoms with Gasteiger partial charge >= 0.3 is 19.5 Å². The van der Waals surface area contributed by atoms with E-state index >= 15 is 0 Å². The van der Waals surface area contributed by atoms with Gasteiger partial charge in [-0.15, -0.1) is 11.5 Å². The topological polar surface area (TPSA) is 99.9 Å². The third-order valence-corrected chi connectivity index (χ3v) is 4.00. The Morgan fingerprint density at radius 3 is 2.57 bits per heavy atom. The Bertz CT molecular complexity index is 788. The van der Waals surface area contributed by atoms with Crippen molar-refractivity contribution in [2.45, 2.75) is 18.9 Å². The van der Waals surface area contributed by atoms with Crippen molar-refractivity contribution in [1.29, 1.82) is 5.26 Å². The fraction of sp³-hybridized carbons (Fsp3) is 0.188. The number of aryl methyl sites for hydroxylation is 2. The average Bonchev–Trinajstić information content (AvgIpc) is 2.47. The van der Waals surface area contributed by atoms with Crippen LogP contribution in [0.3, 0.4) is 0 Å². The van der Waals surface area contributed by atoms with Gasteiger partial charge in [0.1, 0.15) is 11.1 Å². The summed E-state index contributed by atoms with van der Waals surface area (Å²) >= 11 is 1.15. The Morgan fingerprint density at radius 2 is 1.96 bits per heavy atom. The molecular weight excluding hydrogens is 366 g/mol. The molecule has 0 amide bonds. The van der Waals surface area contributed by atoms with Gasteiger partial charge in [0.2, 0.25) is 0 Å². The van der Waals surface area contributed by atoms with Gasteiger partial charge in [0.05, 0.1) is 11.3 Å². The SMILES string of the molecule is Cc1cc(C)c(C#N)c(SCC(=O)c2ccc([O-])c([O-])c2)n1.[Zn+2]. The Morgan fingerprint density at radius 1 is 1.26 bits per heavy atom. The molecule has 5 nitrogen and oxygen atoms in total. The molecule has 0 aliphatic carbocycles. The number of pyridine rings is 1. The van der Waals surface area contributed by atoms with Crippen molar-refractivity contribution in [3.05, 3.63) is 46.6 Å². The van der Waals surface area contributed by atoms with Crippen LogP contribution in [-0.4, -0.2) is 16.5 Å². The van der Waals surface area contributed by atoms with Gasteiger partial charge in [-0.3, -0.25) is 4.79 Å². The number of ketones is 1. The summed E-state index contributed by atoms with van der Waals surface area (Å²) in [5.41, 5.74) is 2.22. The molecule has 1 aromatic carbocycles. The van der Waals surface area contributed by atoms with Crippen LogP contribution >= 0.6 is 11.8 Å². The number of aromatic nitrogens is 1. The van der Waals surface area contributed by atoms with Gasteiger partial charge in [-0.2, -0.15) is 5.26 Å². The molecule has 7 heteroatoms. The molecule has 0 fully saturated rings. The van der Waals surface area contributed by atoms with Crippen LogP contribution in [0.5, 0.6) is 11.5 Å². The van der Waals surface area contributed by atoms with E-state index in [2.05, 4.69) is 11.1 Å². The number of thioether (sulfide) groups is 1. The number of carbonyl (C=O) groups excluding carboxylic acids is 1. The quantitative estimate of drug-likeness (QED) is 0.456. The summed E-state index contributed by atoms with van der Waals surface area (Å²) in [6.45, 7) is 3.63. The van der Waals surface area contributed by atoms with Crippen molar-refractivity contribution < 1.29 is 34.5 Å². The normalized spacial score (nSPS) is 9.78. The second kappa shape index (κ2) is 8.10. The molecule has 0 spiro atoms. The summed E-state index contributed by atoms with van der Waals surface area (Å²) in [6.07, 6.45) is 0.